The first-order valence-corrected chi connectivity index (χ1v) is 19.7. The van der Waals surface area contributed by atoms with E-state index in [2.05, 4.69) is 209 Å². The summed E-state index contributed by atoms with van der Waals surface area (Å²) < 4.78 is 7.09. The molecule has 56 heavy (non-hydrogen) atoms. The summed E-state index contributed by atoms with van der Waals surface area (Å²) in [6.45, 7) is 9.50. The minimum Gasteiger partial charge on any atom is -0.456 e. The maximum Gasteiger partial charge on any atom is 0.141 e. The second-order valence-electron chi connectivity index (χ2n) is 16.6. The Bertz CT molecular complexity index is 3010. The Morgan fingerprint density at radius 1 is 0.429 bits per heavy atom. The largest absolute Gasteiger partial charge is 0.456 e. The summed E-state index contributed by atoms with van der Waals surface area (Å²) in [6, 6.07) is 64.8. The molecule has 0 spiro atoms. The normalized spacial score (nSPS) is 14.7. The van der Waals surface area contributed by atoms with E-state index in [0.717, 1.165) is 39.0 Å². The van der Waals surface area contributed by atoms with Crippen molar-refractivity contribution < 1.29 is 4.42 Å². The zero-order valence-corrected chi connectivity index (χ0v) is 32.1. The first-order chi connectivity index (χ1) is 27.3. The van der Waals surface area contributed by atoms with Gasteiger partial charge in [-0.1, -0.05) is 155 Å². The lowest BCUT2D eigenvalue weighted by Gasteiger charge is -2.31. The van der Waals surface area contributed by atoms with Crippen LogP contribution in [0.1, 0.15) is 49.9 Å². The molecule has 3 aliphatic rings. The van der Waals surface area contributed by atoms with E-state index >= 15 is 0 Å². The molecule has 8 aromatic carbocycles. The molecular weight excluding hydrogens is 679 g/mol. The molecule has 268 valence electrons. The van der Waals surface area contributed by atoms with Crippen LogP contribution in [-0.4, -0.2) is 0 Å². The van der Waals surface area contributed by atoms with Crippen LogP contribution in [-0.2, 0) is 10.8 Å². The van der Waals surface area contributed by atoms with Crippen LogP contribution in [0.25, 0.3) is 66.4 Å². The summed E-state index contributed by atoms with van der Waals surface area (Å²) in [4.78, 5) is 2.53. The van der Waals surface area contributed by atoms with E-state index in [4.69, 9.17) is 4.42 Å². The van der Waals surface area contributed by atoms with Gasteiger partial charge in [0.2, 0.25) is 0 Å². The molecule has 9 aromatic rings. The van der Waals surface area contributed by atoms with Gasteiger partial charge in [0.05, 0.1) is 16.8 Å². The highest BCUT2D eigenvalue weighted by Crippen LogP contribution is 2.58. The molecule has 12 rings (SSSR count). The van der Waals surface area contributed by atoms with E-state index in [0.29, 0.717) is 0 Å². The van der Waals surface area contributed by atoms with Crippen molar-refractivity contribution in [2.45, 2.75) is 38.5 Å². The Kier molecular flexibility index (Phi) is 6.98. The molecule has 0 radical (unpaired) electrons. The number of rotatable bonds is 4. The van der Waals surface area contributed by atoms with E-state index < -0.39 is 0 Å². The molecular formula is C54H41NO. The molecule has 2 aliphatic heterocycles. The number of fused-ring (bicyclic) bond motifs is 2. The van der Waals surface area contributed by atoms with Gasteiger partial charge in [0.15, 0.2) is 0 Å². The second kappa shape index (κ2) is 11.9. The van der Waals surface area contributed by atoms with Crippen molar-refractivity contribution in [1.82, 2.24) is 0 Å². The predicted octanol–water partition coefficient (Wildman–Crippen LogP) is 15.0. The molecule has 0 atom stereocenters. The fourth-order valence-corrected chi connectivity index (χ4v) is 9.58. The van der Waals surface area contributed by atoms with Gasteiger partial charge in [-0.05, 0) is 104 Å². The van der Waals surface area contributed by atoms with Gasteiger partial charge in [0.25, 0.3) is 0 Å². The zero-order valence-electron chi connectivity index (χ0n) is 32.1. The summed E-state index contributed by atoms with van der Waals surface area (Å²) in [5, 5.41) is 2.24. The smallest absolute Gasteiger partial charge is 0.141 e. The molecule has 0 fully saturated rings. The molecule has 2 nitrogen and oxygen atoms in total. The van der Waals surface area contributed by atoms with Gasteiger partial charge < -0.3 is 9.32 Å². The summed E-state index contributed by atoms with van der Waals surface area (Å²) >= 11 is 0. The summed E-state index contributed by atoms with van der Waals surface area (Å²) in [6.07, 6.45) is 0. The van der Waals surface area contributed by atoms with Crippen molar-refractivity contribution in [1.29, 1.82) is 0 Å². The van der Waals surface area contributed by atoms with Crippen molar-refractivity contribution in [2.75, 3.05) is 4.90 Å². The van der Waals surface area contributed by atoms with Gasteiger partial charge in [-0.2, -0.15) is 0 Å². The van der Waals surface area contributed by atoms with Gasteiger partial charge in [-0.3, -0.25) is 0 Å². The third-order valence-corrected chi connectivity index (χ3v) is 12.7. The number of anilines is 3. The van der Waals surface area contributed by atoms with Crippen LogP contribution in [0.3, 0.4) is 0 Å². The molecule has 1 aromatic heterocycles. The SMILES string of the molecule is CC1(C)c2ccc3cc2-c2c(cc(-c4ccccc4)cc21)N(c1cccc(-c2ccccc2)c1)c1ccc(c2oc4ccc(-c5ccccc5)cc4c12)C3(C)C. The minimum atomic E-state index is -0.346. The van der Waals surface area contributed by atoms with Crippen LogP contribution in [0.5, 0.6) is 0 Å². The summed E-state index contributed by atoms with van der Waals surface area (Å²) in [7, 11) is 0. The Hall–Kier alpha value is -6.64. The van der Waals surface area contributed by atoms with Crippen molar-refractivity contribution in [3.8, 4) is 44.5 Å². The van der Waals surface area contributed by atoms with E-state index in [1.807, 2.05) is 0 Å². The number of benzene rings is 8. The van der Waals surface area contributed by atoms with Crippen LogP contribution in [0.15, 0.2) is 180 Å². The van der Waals surface area contributed by atoms with E-state index in [9.17, 15) is 0 Å². The number of nitrogens with zero attached hydrogens (tertiary/aromatic N) is 1. The quantitative estimate of drug-likeness (QED) is 0.180. The van der Waals surface area contributed by atoms with Crippen LogP contribution >= 0.6 is 0 Å². The Balaban J connectivity index is 1.32. The Morgan fingerprint density at radius 2 is 1.05 bits per heavy atom. The van der Waals surface area contributed by atoms with Gasteiger partial charge in [-0.15, -0.1) is 0 Å². The van der Waals surface area contributed by atoms with Gasteiger partial charge >= 0.3 is 0 Å². The third-order valence-electron chi connectivity index (χ3n) is 12.7. The van der Waals surface area contributed by atoms with Crippen LogP contribution in [0.2, 0.25) is 0 Å². The lowest BCUT2D eigenvalue weighted by Crippen LogP contribution is -2.21. The van der Waals surface area contributed by atoms with Gasteiger partial charge in [0.1, 0.15) is 11.2 Å². The van der Waals surface area contributed by atoms with E-state index in [-0.39, 0.29) is 10.8 Å². The van der Waals surface area contributed by atoms with E-state index in [1.54, 1.807) is 0 Å². The third kappa shape index (κ3) is 4.75. The molecule has 0 N–H and O–H groups in total. The number of furan rings is 1. The Labute approximate surface area is 328 Å². The minimum absolute atomic E-state index is 0.209. The van der Waals surface area contributed by atoms with Gasteiger partial charge in [-0.25, -0.2) is 0 Å². The van der Waals surface area contributed by atoms with Gasteiger partial charge in [0, 0.05) is 33.0 Å². The molecule has 0 unspecified atom stereocenters. The fourth-order valence-electron chi connectivity index (χ4n) is 9.58. The van der Waals surface area contributed by atoms with E-state index in [1.165, 1.54) is 66.8 Å². The van der Waals surface area contributed by atoms with Crippen molar-refractivity contribution in [3.63, 3.8) is 0 Å². The van der Waals surface area contributed by atoms with Crippen LogP contribution in [0, 0.1) is 0 Å². The highest BCUT2D eigenvalue weighted by Gasteiger charge is 2.41. The molecule has 0 saturated carbocycles. The molecule has 3 heterocycles. The van der Waals surface area contributed by atoms with Crippen LogP contribution in [0.4, 0.5) is 17.1 Å². The molecule has 0 amide bonds. The zero-order chi connectivity index (χ0) is 37.8. The number of hydrogen-bond acceptors (Lipinski definition) is 2. The van der Waals surface area contributed by atoms with Crippen molar-refractivity contribution in [3.05, 3.63) is 198 Å². The highest BCUT2D eigenvalue weighted by atomic mass is 16.3. The topological polar surface area (TPSA) is 16.4 Å². The number of hydrogen-bond donors (Lipinski definition) is 0. The first-order valence-electron chi connectivity index (χ1n) is 19.7. The molecule has 4 bridgehead atoms. The maximum absolute atomic E-state index is 7.09. The summed E-state index contributed by atoms with van der Waals surface area (Å²) in [5.74, 6) is 0. The average Bonchev–Trinajstić information content (AvgIpc) is 3.73. The predicted molar refractivity (Wildman–Crippen MR) is 234 cm³/mol. The summed E-state index contributed by atoms with van der Waals surface area (Å²) in [5.41, 5.74) is 19.5. The van der Waals surface area contributed by atoms with Crippen molar-refractivity contribution >= 4 is 39.0 Å². The highest BCUT2D eigenvalue weighted by molar-refractivity contribution is 6.16. The van der Waals surface area contributed by atoms with Crippen molar-refractivity contribution in [2.24, 2.45) is 0 Å². The molecule has 0 saturated heterocycles. The fraction of sp³-hybridized carbons (Fsp3) is 0.111. The first kappa shape index (κ1) is 32.8. The Morgan fingerprint density at radius 3 is 1.75 bits per heavy atom. The molecule has 1 aliphatic carbocycles. The standard InChI is InChI=1S/C54H41NO/c1-53(2)40-24-25-44-42(33-40)50-46(54(44,3)4)31-39(36-19-12-7-13-20-36)32-48(50)55(41-22-14-21-37(29-41)34-15-8-5-9-16-34)47-27-26-45(53)52-51(47)43-30-38(23-28-49(43)56-52)35-17-10-6-11-18-35/h5-33H,1-4H3. The molecule has 2 heteroatoms. The monoisotopic (exact) mass is 719 g/mol. The lowest BCUT2D eigenvalue weighted by atomic mass is 9.75. The van der Waals surface area contributed by atoms with Crippen LogP contribution < -0.4 is 4.90 Å². The maximum atomic E-state index is 7.09. The lowest BCUT2D eigenvalue weighted by molar-refractivity contribution is 0.606. The second-order valence-corrected chi connectivity index (χ2v) is 16.6. The average molecular weight is 720 g/mol.